The van der Waals surface area contributed by atoms with Crippen molar-refractivity contribution in [2.45, 2.75) is 26.2 Å². The monoisotopic (exact) mass is 832 g/mol. The molecule has 4 heterocycles. The van der Waals surface area contributed by atoms with E-state index in [1.165, 1.54) is 24.3 Å². The van der Waals surface area contributed by atoms with Gasteiger partial charge in [-0.25, -0.2) is 8.78 Å². The van der Waals surface area contributed by atoms with E-state index >= 15 is 8.78 Å². The van der Waals surface area contributed by atoms with Crippen LogP contribution in [0.2, 0.25) is 0 Å². The number of halogens is 2. The maximum absolute atomic E-state index is 15.0. The van der Waals surface area contributed by atoms with Crippen LogP contribution in [0.3, 0.4) is 0 Å². The van der Waals surface area contributed by atoms with Gasteiger partial charge in [0.15, 0.2) is 11.2 Å². The van der Waals surface area contributed by atoms with Crippen molar-refractivity contribution < 1.29 is 17.6 Å². The average Bonchev–Trinajstić information content (AvgIpc) is 4.06. The Morgan fingerprint density at radius 3 is 1.19 bits per heavy atom. The normalized spacial score (nSPS) is 12.5. The van der Waals surface area contributed by atoms with Gasteiger partial charge in [-0.1, -0.05) is 130 Å². The summed E-state index contributed by atoms with van der Waals surface area (Å²) in [6, 6.07) is 57.9. The zero-order valence-corrected chi connectivity index (χ0v) is 35.2. The van der Waals surface area contributed by atoms with E-state index in [9.17, 15) is 0 Å². The summed E-state index contributed by atoms with van der Waals surface area (Å²) in [6.45, 7) is 6.77. The second-order valence-electron chi connectivity index (χ2n) is 17.9. The summed E-state index contributed by atoms with van der Waals surface area (Å²) in [5.74, 6) is -0.643. The van der Waals surface area contributed by atoms with Crippen LogP contribution in [0.15, 0.2) is 185 Å². The van der Waals surface area contributed by atoms with Crippen molar-refractivity contribution in [1.29, 1.82) is 0 Å². The van der Waals surface area contributed by atoms with Gasteiger partial charge in [0.2, 0.25) is 0 Å². The minimum Gasteiger partial charge on any atom is -0.454 e. The maximum atomic E-state index is 15.0. The van der Waals surface area contributed by atoms with Crippen LogP contribution in [-0.2, 0) is 5.41 Å². The lowest BCUT2D eigenvalue weighted by atomic mass is 9.79. The Hall–Kier alpha value is -7.96. The zero-order valence-electron chi connectivity index (χ0n) is 35.2. The molecule has 4 nitrogen and oxygen atoms in total. The molecule has 0 N–H and O–H groups in total. The van der Waals surface area contributed by atoms with E-state index < -0.39 is 5.41 Å². The Morgan fingerprint density at radius 1 is 0.391 bits per heavy atom. The smallest absolute Gasteiger partial charge is 0.160 e. The van der Waals surface area contributed by atoms with Crippen molar-refractivity contribution >= 4 is 87.5 Å². The third-order valence-electron chi connectivity index (χ3n) is 13.1. The number of para-hydroxylation sites is 4. The molecule has 0 aliphatic heterocycles. The molecular weight excluding hydrogens is 795 g/mol. The van der Waals surface area contributed by atoms with Gasteiger partial charge in [-0.3, -0.25) is 0 Å². The first-order valence-corrected chi connectivity index (χ1v) is 21.6. The van der Waals surface area contributed by atoms with Gasteiger partial charge in [-0.15, -0.1) is 0 Å². The van der Waals surface area contributed by atoms with Crippen LogP contribution in [0.5, 0.6) is 0 Å². The van der Waals surface area contributed by atoms with E-state index in [0.717, 1.165) is 127 Å². The van der Waals surface area contributed by atoms with Gasteiger partial charge in [0.05, 0.1) is 33.4 Å². The number of benzene rings is 9. The molecule has 13 rings (SSSR count). The highest BCUT2D eigenvalue weighted by Crippen LogP contribution is 2.51. The average molecular weight is 833 g/mol. The Balaban J connectivity index is 1.32. The molecule has 0 aliphatic rings. The Bertz CT molecular complexity index is 3810. The largest absolute Gasteiger partial charge is 0.454 e. The Labute approximate surface area is 365 Å². The van der Waals surface area contributed by atoms with Crippen LogP contribution in [0, 0.1) is 11.6 Å². The summed E-state index contributed by atoms with van der Waals surface area (Å²) in [5, 5.41) is 8.38. The number of rotatable bonds is 4. The SMILES string of the molecule is CC(C)(C)c1c(-n2c3ccccc3c3ccc4c5ccccc5oc4c32)c(-c2ccc(F)cc2)cc(-c2ccc(F)cc2)c1-n1c2ccccc2c2ccc3c4ccccc4oc3c21. The van der Waals surface area contributed by atoms with Crippen LogP contribution in [-0.4, -0.2) is 9.13 Å². The van der Waals surface area contributed by atoms with Crippen molar-refractivity contribution in [3.05, 3.63) is 193 Å². The molecule has 0 bridgehead atoms. The number of hydrogen-bond donors (Lipinski definition) is 0. The second-order valence-corrected chi connectivity index (χ2v) is 17.9. The summed E-state index contributed by atoms with van der Waals surface area (Å²) in [6.07, 6.45) is 0. The molecule has 13 aromatic rings. The summed E-state index contributed by atoms with van der Waals surface area (Å²) in [7, 11) is 0. The highest BCUT2D eigenvalue weighted by atomic mass is 19.1. The molecule has 4 aromatic heterocycles. The molecule has 0 saturated heterocycles. The molecule has 0 aliphatic carbocycles. The van der Waals surface area contributed by atoms with Gasteiger partial charge in [-0.2, -0.15) is 0 Å². The van der Waals surface area contributed by atoms with Gasteiger partial charge in [-0.05, 0) is 83.3 Å². The zero-order chi connectivity index (χ0) is 43.0. The fourth-order valence-electron chi connectivity index (χ4n) is 10.5. The molecule has 0 saturated carbocycles. The van der Waals surface area contributed by atoms with E-state index in [2.05, 4.69) is 121 Å². The van der Waals surface area contributed by atoms with Crippen LogP contribution in [0.1, 0.15) is 26.3 Å². The van der Waals surface area contributed by atoms with E-state index in [-0.39, 0.29) is 11.6 Å². The summed E-state index contributed by atoms with van der Waals surface area (Å²) < 4.78 is 48.6. The quantitative estimate of drug-likeness (QED) is 0.177. The minimum absolute atomic E-state index is 0.322. The van der Waals surface area contributed by atoms with E-state index in [1.807, 2.05) is 60.7 Å². The highest BCUT2D eigenvalue weighted by molar-refractivity contribution is 6.24. The number of furan rings is 2. The summed E-state index contributed by atoms with van der Waals surface area (Å²) >= 11 is 0. The van der Waals surface area contributed by atoms with Gasteiger partial charge < -0.3 is 18.0 Å². The van der Waals surface area contributed by atoms with Crippen molar-refractivity contribution in [1.82, 2.24) is 9.13 Å². The third kappa shape index (κ3) is 5.14. The minimum atomic E-state index is -0.561. The lowest BCUT2D eigenvalue weighted by Gasteiger charge is -2.32. The topological polar surface area (TPSA) is 36.1 Å². The second kappa shape index (κ2) is 13.3. The molecule has 0 amide bonds. The Kier molecular flexibility index (Phi) is 7.61. The lowest BCUT2D eigenvalue weighted by Crippen LogP contribution is -2.21. The first-order chi connectivity index (χ1) is 31.2. The third-order valence-corrected chi connectivity index (χ3v) is 13.1. The molecule has 0 fully saturated rings. The van der Waals surface area contributed by atoms with E-state index in [4.69, 9.17) is 8.83 Å². The predicted molar refractivity (Wildman–Crippen MR) is 259 cm³/mol. The van der Waals surface area contributed by atoms with Crippen molar-refractivity contribution in [3.8, 4) is 33.6 Å². The molecule has 0 atom stereocenters. The standard InChI is InChI=1S/C58H38F2N2O2/c1-58(2,3)51-52(61-47-16-8-4-12-37(47)41-28-30-43-39-14-6-10-18-49(39)63-56(43)54(41)61)45(33-20-24-35(59)25-21-33)32-46(34-22-26-36(60)27-23-34)53(51)62-48-17-9-5-13-38(48)42-29-31-44-40-15-7-11-19-50(40)64-57(44)55(42)62/h4-32H,1-3H3. The van der Waals surface area contributed by atoms with Crippen LogP contribution in [0.25, 0.3) is 121 Å². The van der Waals surface area contributed by atoms with Crippen molar-refractivity contribution in [2.24, 2.45) is 0 Å². The molecule has 6 heteroatoms. The van der Waals surface area contributed by atoms with Gasteiger partial charge in [0, 0.05) is 59.8 Å². The molecule has 0 unspecified atom stereocenters. The van der Waals surface area contributed by atoms with Gasteiger partial charge in [0.25, 0.3) is 0 Å². The number of nitrogens with zero attached hydrogens (tertiary/aromatic N) is 2. The molecular formula is C58H38F2N2O2. The molecule has 306 valence electrons. The highest BCUT2D eigenvalue weighted by Gasteiger charge is 2.34. The summed E-state index contributed by atoms with van der Waals surface area (Å²) in [5.41, 5.74) is 12.8. The van der Waals surface area contributed by atoms with Crippen LogP contribution >= 0.6 is 0 Å². The number of hydrogen-bond acceptors (Lipinski definition) is 2. The molecule has 0 radical (unpaired) electrons. The first kappa shape index (κ1) is 36.7. The molecule has 9 aromatic carbocycles. The first-order valence-electron chi connectivity index (χ1n) is 21.6. The predicted octanol–water partition coefficient (Wildman–Crippen LogP) is 16.6. The van der Waals surface area contributed by atoms with Crippen LogP contribution < -0.4 is 0 Å². The van der Waals surface area contributed by atoms with Crippen LogP contribution in [0.4, 0.5) is 8.78 Å². The number of fused-ring (bicyclic) bond motifs is 14. The van der Waals surface area contributed by atoms with Gasteiger partial charge in [0.1, 0.15) is 22.8 Å². The Morgan fingerprint density at radius 2 is 0.766 bits per heavy atom. The van der Waals surface area contributed by atoms with E-state index in [1.54, 1.807) is 0 Å². The fourth-order valence-corrected chi connectivity index (χ4v) is 10.5. The van der Waals surface area contributed by atoms with Crippen molar-refractivity contribution in [2.75, 3.05) is 0 Å². The molecule has 0 spiro atoms. The van der Waals surface area contributed by atoms with E-state index in [0.29, 0.717) is 0 Å². The van der Waals surface area contributed by atoms with Gasteiger partial charge >= 0.3 is 0 Å². The maximum Gasteiger partial charge on any atom is 0.160 e. The fraction of sp³-hybridized carbons (Fsp3) is 0.0690. The summed E-state index contributed by atoms with van der Waals surface area (Å²) in [4.78, 5) is 0. The van der Waals surface area contributed by atoms with Crippen molar-refractivity contribution in [3.63, 3.8) is 0 Å². The number of aromatic nitrogens is 2. The lowest BCUT2D eigenvalue weighted by molar-refractivity contribution is 0.585. The molecule has 64 heavy (non-hydrogen) atoms.